The van der Waals surface area contributed by atoms with Gasteiger partial charge in [-0.2, -0.15) is 0 Å². The smallest absolute Gasteiger partial charge is 0.191 e. The van der Waals surface area contributed by atoms with Gasteiger partial charge in [0.2, 0.25) is 0 Å². The minimum atomic E-state index is 0.232. The minimum absolute atomic E-state index is 0.232. The molecule has 0 N–H and O–H groups in total. The average molecular weight is 481 g/mol. The van der Waals surface area contributed by atoms with Gasteiger partial charge in [-0.1, -0.05) is 42.1 Å². The molecular formula is C26H32N4O3S. The summed E-state index contributed by atoms with van der Waals surface area (Å²) in [6.07, 6.45) is 2.44. The number of hydrogen-bond donors (Lipinski definition) is 0. The van der Waals surface area contributed by atoms with Gasteiger partial charge >= 0.3 is 0 Å². The fraction of sp³-hybridized carbons (Fsp3) is 0.462. The Labute approximate surface area is 205 Å². The zero-order valence-electron chi connectivity index (χ0n) is 19.9. The van der Waals surface area contributed by atoms with Crippen LogP contribution in [0.2, 0.25) is 0 Å². The summed E-state index contributed by atoms with van der Waals surface area (Å²) >= 11 is 1.75. The largest absolute Gasteiger partial charge is 0.486 e. The molecule has 2 aliphatic rings. The van der Waals surface area contributed by atoms with Crippen LogP contribution < -0.4 is 9.47 Å². The normalized spacial score (nSPS) is 17.4. The number of aromatic nitrogens is 3. The molecule has 180 valence electrons. The van der Waals surface area contributed by atoms with Gasteiger partial charge in [0.15, 0.2) is 16.7 Å². The van der Waals surface area contributed by atoms with Crippen molar-refractivity contribution in [2.24, 2.45) is 0 Å². The Morgan fingerprint density at radius 1 is 1.03 bits per heavy atom. The predicted octanol–water partition coefficient (Wildman–Crippen LogP) is 4.46. The summed E-state index contributed by atoms with van der Waals surface area (Å²) < 4.78 is 19.6. The summed E-state index contributed by atoms with van der Waals surface area (Å²) in [6, 6.07) is 14.7. The first-order valence-corrected chi connectivity index (χ1v) is 12.9. The van der Waals surface area contributed by atoms with Crippen molar-refractivity contribution < 1.29 is 14.2 Å². The second kappa shape index (κ2) is 10.8. The van der Waals surface area contributed by atoms with Gasteiger partial charge in [0, 0.05) is 18.9 Å². The summed E-state index contributed by atoms with van der Waals surface area (Å²) in [5, 5.41) is 10.1. The minimum Gasteiger partial charge on any atom is -0.486 e. The molecule has 1 atom stereocenters. The van der Waals surface area contributed by atoms with E-state index in [0.29, 0.717) is 19.8 Å². The number of nitrogens with zero attached hydrogens (tertiary/aromatic N) is 4. The van der Waals surface area contributed by atoms with Crippen LogP contribution in [-0.2, 0) is 30.1 Å². The number of benzene rings is 2. The third kappa shape index (κ3) is 5.56. The lowest BCUT2D eigenvalue weighted by Crippen LogP contribution is -2.23. The van der Waals surface area contributed by atoms with Crippen molar-refractivity contribution >= 4 is 11.8 Å². The van der Waals surface area contributed by atoms with Crippen LogP contribution in [-0.4, -0.2) is 52.6 Å². The monoisotopic (exact) mass is 480 g/mol. The van der Waals surface area contributed by atoms with E-state index in [1.54, 1.807) is 11.8 Å². The number of aryl methyl sites for hydroxylation is 1. The number of thioether (sulfide) groups is 1. The van der Waals surface area contributed by atoms with Crippen molar-refractivity contribution in [1.29, 1.82) is 0 Å². The zero-order chi connectivity index (χ0) is 23.3. The van der Waals surface area contributed by atoms with E-state index in [2.05, 4.69) is 70.0 Å². The summed E-state index contributed by atoms with van der Waals surface area (Å²) in [6.45, 7) is 6.51. The molecule has 0 bridgehead atoms. The summed E-state index contributed by atoms with van der Waals surface area (Å²) in [5.41, 5.74) is 3.82. The molecule has 7 nitrogen and oxygen atoms in total. The highest BCUT2D eigenvalue weighted by Gasteiger charge is 2.22. The van der Waals surface area contributed by atoms with Crippen LogP contribution in [0.3, 0.4) is 0 Å². The predicted molar refractivity (Wildman–Crippen MR) is 132 cm³/mol. The lowest BCUT2D eigenvalue weighted by Gasteiger charge is -2.21. The number of rotatable bonds is 9. The van der Waals surface area contributed by atoms with E-state index in [1.165, 1.54) is 16.7 Å². The summed E-state index contributed by atoms with van der Waals surface area (Å²) in [4.78, 5) is 2.26. The Morgan fingerprint density at radius 2 is 1.88 bits per heavy atom. The first kappa shape index (κ1) is 23.2. The molecule has 0 aliphatic carbocycles. The van der Waals surface area contributed by atoms with E-state index in [-0.39, 0.29) is 6.10 Å². The average Bonchev–Trinajstić information content (AvgIpc) is 3.49. The molecule has 1 aromatic heterocycles. The number of ether oxygens (including phenoxy) is 3. The van der Waals surface area contributed by atoms with Crippen molar-refractivity contribution in [3.05, 3.63) is 65.0 Å². The van der Waals surface area contributed by atoms with E-state index >= 15 is 0 Å². The summed E-state index contributed by atoms with van der Waals surface area (Å²) in [5.74, 6) is 3.50. The van der Waals surface area contributed by atoms with Crippen LogP contribution in [0.1, 0.15) is 35.4 Å². The fourth-order valence-corrected chi connectivity index (χ4v) is 5.47. The lowest BCUT2D eigenvalue weighted by atomic mass is 10.1. The van der Waals surface area contributed by atoms with Gasteiger partial charge in [-0.25, -0.2) is 0 Å². The highest BCUT2D eigenvalue weighted by molar-refractivity contribution is 7.98. The van der Waals surface area contributed by atoms with Crippen LogP contribution in [0.15, 0.2) is 47.6 Å². The number of fused-ring (bicyclic) bond motifs is 1. The van der Waals surface area contributed by atoms with Gasteiger partial charge in [-0.15, -0.1) is 10.2 Å². The maximum atomic E-state index is 5.95. The fourth-order valence-electron chi connectivity index (χ4n) is 4.43. The maximum absolute atomic E-state index is 5.95. The van der Waals surface area contributed by atoms with E-state index in [4.69, 9.17) is 14.2 Å². The topological polar surface area (TPSA) is 61.6 Å². The van der Waals surface area contributed by atoms with Crippen molar-refractivity contribution in [3.63, 3.8) is 0 Å². The molecule has 1 saturated heterocycles. The van der Waals surface area contributed by atoms with Crippen LogP contribution in [0, 0.1) is 6.92 Å². The van der Waals surface area contributed by atoms with Gasteiger partial charge in [-0.3, -0.25) is 4.90 Å². The second-order valence-electron chi connectivity index (χ2n) is 9.01. The lowest BCUT2D eigenvalue weighted by molar-refractivity contribution is 0.0934. The molecule has 1 unspecified atom stereocenters. The standard InChI is InChI=1S/C26H32N4O3S/c1-19-6-3-4-7-21(19)18-34-26-28-27-25(30(26)16-22-8-5-11-31-22)17-29(2)15-20-9-10-23-24(14-20)33-13-12-32-23/h3-4,6-7,9-10,14,22H,5,8,11-13,15-18H2,1-2H3. The van der Waals surface area contributed by atoms with Crippen molar-refractivity contribution in [1.82, 2.24) is 19.7 Å². The van der Waals surface area contributed by atoms with Crippen molar-refractivity contribution in [3.8, 4) is 11.5 Å². The van der Waals surface area contributed by atoms with E-state index in [0.717, 1.165) is 60.8 Å². The molecule has 3 heterocycles. The molecule has 0 amide bonds. The highest BCUT2D eigenvalue weighted by atomic mass is 32.2. The van der Waals surface area contributed by atoms with E-state index in [9.17, 15) is 0 Å². The summed E-state index contributed by atoms with van der Waals surface area (Å²) in [7, 11) is 2.11. The Balaban J connectivity index is 1.29. The Hall–Kier alpha value is -2.55. The van der Waals surface area contributed by atoms with Crippen molar-refractivity contribution in [2.75, 3.05) is 26.9 Å². The molecule has 34 heavy (non-hydrogen) atoms. The Bertz CT molecular complexity index is 1110. The van der Waals surface area contributed by atoms with Crippen molar-refractivity contribution in [2.45, 2.75) is 56.4 Å². The molecule has 1 fully saturated rings. The molecule has 5 rings (SSSR count). The van der Waals surface area contributed by atoms with Crippen LogP contribution in [0.4, 0.5) is 0 Å². The molecule has 0 radical (unpaired) electrons. The van der Waals surface area contributed by atoms with Gasteiger partial charge in [-0.05, 0) is 55.6 Å². The molecule has 3 aromatic rings. The van der Waals surface area contributed by atoms with Crippen LogP contribution >= 0.6 is 11.8 Å². The van der Waals surface area contributed by atoms with Crippen LogP contribution in [0.5, 0.6) is 11.5 Å². The molecule has 2 aliphatic heterocycles. The van der Waals surface area contributed by atoms with E-state index in [1.807, 2.05) is 6.07 Å². The first-order valence-electron chi connectivity index (χ1n) is 11.9. The Morgan fingerprint density at radius 3 is 2.71 bits per heavy atom. The van der Waals surface area contributed by atoms with Crippen LogP contribution in [0.25, 0.3) is 0 Å². The van der Waals surface area contributed by atoms with Gasteiger partial charge in [0.05, 0.1) is 19.2 Å². The molecule has 8 heteroatoms. The van der Waals surface area contributed by atoms with Gasteiger partial charge < -0.3 is 18.8 Å². The second-order valence-corrected chi connectivity index (χ2v) is 9.95. The first-order chi connectivity index (χ1) is 16.7. The molecule has 0 saturated carbocycles. The van der Waals surface area contributed by atoms with E-state index < -0.39 is 0 Å². The molecule has 2 aromatic carbocycles. The Kier molecular flexibility index (Phi) is 7.37. The molecule has 0 spiro atoms. The third-order valence-corrected chi connectivity index (χ3v) is 7.31. The van der Waals surface area contributed by atoms with Gasteiger partial charge in [0.25, 0.3) is 0 Å². The maximum Gasteiger partial charge on any atom is 0.191 e. The molecular weight excluding hydrogens is 448 g/mol. The SMILES string of the molecule is Cc1ccccc1CSc1nnc(CN(C)Cc2ccc3c(c2)OCCO3)n1CC1CCCO1. The quantitative estimate of drug-likeness (QED) is 0.419. The zero-order valence-corrected chi connectivity index (χ0v) is 20.7. The number of hydrogen-bond acceptors (Lipinski definition) is 7. The third-order valence-electron chi connectivity index (χ3n) is 6.29. The van der Waals surface area contributed by atoms with Gasteiger partial charge in [0.1, 0.15) is 19.0 Å². The highest BCUT2D eigenvalue weighted by Crippen LogP contribution is 2.31.